The molecule has 1 saturated carbocycles. The maximum Gasteiger partial charge on any atom is 0.225 e. The van der Waals surface area contributed by atoms with Crippen LogP contribution >= 0.6 is 11.3 Å². The molecule has 82 valence electrons. The highest BCUT2D eigenvalue weighted by molar-refractivity contribution is 7.10. The number of hydrogen-bond donors (Lipinski definition) is 2. The summed E-state index contributed by atoms with van der Waals surface area (Å²) < 4.78 is 0. The van der Waals surface area contributed by atoms with Crippen molar-refractivity contribution in [3.63, 3.8) is 0 Å². The maximum absolute atomic E-state index is 11.5. The molecule has 1 aromatic rings. The third-order valence-corrected chi connectivity index (χ3v) is 3.59. The molecular weight excluding hydrogens is 210 g/mol. The molecule has 3 nitrogen and oxygen atoms in total. The molecule has 0 atom stereocenters. The van der Waals surface area contributed by atoms with E-state index in [1.807, 2.05) is 17.5 Å². The Morgan fingerprint density at radius 2 is 2.40 bits per heavy atom. The summed E-state index contributed by atoms with van der Waals surface area (Å²) in [7, 11) is 0. The topological polar surface area (TPSA) is 49.3 Å². The van der Waals surface area contributed by atoms with Crippen LogP contribution in [0.25, 0.3) is 0 Å². The van der Waals surface area contributed by atoms with Crippen LogP contribution < -0.4 is 5.32 Å². The molecule has 0 saturated heterocycles. The molecule has 1 aliphatic carbocycles. The molecule has 15 heavy (non-hydrogen) atoms. The lowest BCUT2D eigenvalue weighted by Gasteiger charge is -2.31. The molecule has 0 bridgehead atoms. The van der Waals surface area contributed by atoms with Crippen molar-refractivity contribution < 1.29 is 9.90 Å². The van der Waals surface area contributed by atoms with Gasteiger partial charge in [-0.3, -0.25) is 4.79 Å². The summed E-state index contributed by atoms with van der Waals surface area (Å²) in [6, 6.07) is 3.92. The number of rotatable bonds is 4. The van der Waals surface area contributed by atoms with Crippen LogP contribution in [0.1, 0.15) is 17.7 Å². The second-order valence-electron chi connectivity index (χ2n) is 4.05. The van der Waals surface area contributed by atoms with Crippen LogP contribution in [0.4, 0.5) is 0 Å². The highest BCUT2D eigenvalue weighted by Gasteiger charge is 2.26. The van der Waals surface area contributed by atoms with Crippen molar-refractivity contribution in [1.29, 1.82) is 0 Å². The smallest absolute Gasteiger partial charge is 0.225 e. The number of amides is 1. The Labute approximate surface area is 93.1 Å². The van der Waals surface area contributed by atoms with E-state index in [0.29, 0.717) is 18.9 Å². The van der Waals surface area contributed by atoms with E-state index in [0.717, 1.165) is 17.7 Å². The standard InChI is InChI=1S/C11H15NO2S/c13-9-4-8(5-9)7-12-11(14)6-10-2-1-3-15-10/h1-3,8-9,13H,4-7H2,(H,12,14). The van der Waals surface area contributed by atoms with Crippen molar-refractivity contribution in [1.82, 2.24) is 5.32 Å². The van der Waals surface area contributed by atoms with Gasteiger partial charge in [-0.05, 0) is 30.2 Å². The molecule has 1 heterocycles. The number of aliphatic hydroxyl groups is 1. The first-order valence-electron chi connectivity index (χ1n) is 5.21. The van der Waals surface area contributed by atoms with Gasteiger partial charge in [-0.15, -0.1) is 11.3 Å². The van der Waals surface area contributed by atoms with Crippen LogP contribution in [0, 0.1) is 5.92 Å². The second-order valence-corrected chi connectivity index (χ2v) is 5.08. The number of thiophene rings is 1. The fraction of sp³-hybridized carbons (Fsp3) is 0.545. The molecule has 1 aliphatic rings. The maximum atomic E-state index is 11.5. The second kappa shape index (κ2) is 4.77. The zero-order valence-corrected chi connectivity index (χ0v) is 9.30. The summed E-state index contributed by atoms with van der Waals surface area (Å²) in [5.41, 5.74) is 0. The van der Waals surface area contributed by atoms with Gasteiger partial charge >= 0.3 is 0 Å². The fourth-order valence-corrected chi connectivity index (χ4v) is 2.46. The SMILES string of the molecule is O=C(Cc1cccs1)NCC1CC(O)C1. The van der Waals surface area contributed by atoms with E-state index < -0.39 is 0 Å². The van der Waals surface area contributed by atoms with Gasteiger partial charge in [0.25, 0.3) is 0 Å². The minimum Gasteiger partial charge on any atom is -0.393 e. The summed E-state index contributed by atoms with van der Waals surface area (Å²) in [6.45, 7) is 0.710. The quantitative estimate of drug-likeness (QED) is 0.808. The minimum absolute atomic E-state index is 0.0823. The molecule has 0 aliphatic heterocycles. The van der Waals surface area contributed by atoms with Gasteiger partial charge in [0.1, 0.15) is 0 Å². The summed E-state index contributed by atoms with van der Waals surface area (Å²) in [5.74, 6) is 0.561. The third-order valence-electron chi connectivity index (χ3n) is 2.71. The zero-order chi connectivity index (χ0) is 10.7. The van der Waals surface area contributed by atoms with Crippen molar-refractivity contribution in [3.05, 3.63) is 22.4 Å². The lowest BCUT2D eigenvalue weighted by Crippen LogP contribution is -2.38. The van der Waals surface area contributed by atoms with E-state index in [-0.39, 0.29) is 12.0 Å². The summed E-state index contributed by atoms with van der Waals surface area (Å²) in [4.78, 5) is 12.6. The predicted octanol–water partition coefficient (Wildman–Crippen LogP) is 1.18. The van der Waals surface area contributed by atoms with Crippen molar-refractivity contribution in [2.75, 3.05) is 6.54 Å². The van der Waals surface area contributed by atoms with Gasteiger partial charge in [0.15, 0.2) is 0 Å². The van der Waals surface area contributed by atoms with Crippen molar-refractivity contribution >= 4 is 17.2 Å². The fourth-order valence-electron chi connectivity index (χ4n) is 1.76. The van der Waals surface area contributed by atoms with E-state index in [4.69, 9.17) is 5.11 Å². The first-order valence-corrected chi connectivity index (χ1v) is 6.09. The van der Waals surface area contributed by atoms with Crippen LogP contribution in [-0.4, -0.2) is 23.7 Å². The predicted molar refractivity (Wildman–Crippen MR) is 59.8 cm³/mol. The monoisotopic (exact) mass is 225 g/mol. The van der Waals surface area contributed by atoms with E-state index >= 15 is 0 Å². The highest BCUT2D eigenvalue weighted by atomic mass is 32.1. The van der Waals surface area contributed by atoms with E-state index in [2.05, 4.69) is 5.32 Å². The molecule has 0 aromatic carbocycles. The van der Waals surface area contributed by atoms with Crippen molar-refractivity contribution in [2.24, 2.45) is 5.92 Å². The molecule has 1 amide bonds. The van der Waals surface area contributed by atoms with Crippen LogP contribution in [-0.2, 0) is 11.2 Å². The lowest BCUT2D eigenvalue weighted by molar-refractivity contribution is -0.121. The number of carbonyl (C=O) groups excluding carboxylic acids is 1. The molecule has 0 unspecified atom stereocenters. The molecule has 1 fully saturated rings. The van der Waals surface area contributed by atoms with Crippen LogP contribution in [0.5, 0.6) is 0 Å². The molecule has 0 radical (unpaired) electrons. The first kappa shape index (κ1) is 10.6. The molecule has 4 heteroatoms. The first-order chi connectivity index (χ1) is 7.24. The van der Waals surface area contributed by atoms with Crippen LogP contribution in [0.3, 0.4) is 0 Å². The van der Waals surface area contributed by atoms with Crippen LogP contribution in [0.2, 0.25) is 0 Å². The van der Waals surface area contributed by atoms with Crippen molar-refractivity contribution in [3.8, 4) is 0 Å². The highest BCUT2D eigenvalue weighted by Crippen LogP contribution is 2.26. The van der Waals surface area contributed by atoms with Gasteiger partial charge in [0, 0.05) is 11.4 Å². The summed E-state index contributed by atoms with van der Waals surface area (Å²) in [6.07, 6.45) is 2.01. The van der Waals surface area contributed by atoms with E-state index in [1.54, 1.807) is 11.3 Å². The molecule has 2 N–H and O–H groups in total. The number of aliphatic hydroxyl groups excluding tert-OH is 1. The molecular formula is C11H15NO2S. The zero-order valence-electron chi connectivity index (χ0n) is 8.48. The van der Waals surface area contributed by atoms with Gasteiger partial charge in [-0.1, -0.05) is 6.07 Å². The minimum atomic E-state index is -0.135. The summed E-state index contributed by atoms with van der Waals surface area (Å²) in [5, 5.41) is 14.0. The van der Waals surface area contributed by atoms with Gasteiger partial charge < -0.3 is 10.4 Å². The average Bonchev–Trinajstić information content (AvgIpc) is 2.63. The molecule has 1 aromatic heterocycles. The van der Waals surface area contributed by atoms with E-state index in [9.17, 15) is 4.79 Å². The van der Waals surface area contributed by atoms with Gasteiger partial charge in [-0.2, -0.15) is 0 Å². The van der Waals surface area contributed by atoms with E-state index in [1.165, 1.54) is 0 Å². The average molecular weight is 225 g/mol. The largest absolute Gasteiger partial charge is 0.393 e. The normalized spacial score (nSPS) is 24.6. The lowest BCUT2D eigenvalue weighted by atomic mass is 9.82. The Bertz CT molecular complexity index is 317. The number of nitrogens with one attached hydrogen (secondary N) is 1. The Morgan fingerprint density at radius 3 is 3.00 bits per heavy atom. The van der Waals surface area contributed by atoms with Gasteiger partial charge in [0.05, 0.1) is 12.5 Å². The third kappa shape index (κ3) is 3.04. The Morgan fingerprint density at radius 1 is 1.60 bits per heavy atom. The Kier molecular flexibility index (Phi) is 3.38. The van der Waals surface area contributed by atoms with Crippen LogP contribution in [0.15, 0.2) is 17.5 Å². The Balaban J connectivity index is 1.65. The van der Waals surface area contributed by atoms with Gasteiger partial charge in [-0.25, -0.2) is 0 Å². The molecule has 2 rings (SSSR count). The van der Waals surface area contributed by atoms with Crippen molar-refractivity contribution in [2.45, 2.75) is 25.4 Å². The number of hydrogen-bond acceptors (Lipinski definition) is 3. The number of carbonyl (C=O) groups is 1. The summed E-state index contributed by atoms with van der Waals surface area (Å²) >= 11 is 1.60. The molecule has 0 spiro atoms. The van der Waals surface area contributed by atoms with Gasteiger partial charge in [0.2, 0.25) is 5.91 Å². The Hall–Kier alpha value is -0.870.